The number of aromatic nitrogens is 4. The number of likely N-dealkylation sites (N-methyl/N-ethyl adjacent to an activating group) is 1. The summed E-state index contributed by atoms with van der Waals surface area (Å²) in [6, 6.07) is 0.531. The van der Waals surface area contributed by atoms with E-state index >= 15 is 0 Å². The molecule has 0 aromatic carbocycles. The van der Waals surface area contributed by atoms with E-state index in [1.165, 1.54) is 56.6 Å². The van der Waals surface area contributed by atoms with Crippen LogP contribution in [0.5, 0.6) is 0 Å². The number of hydrogen-bond donors (Lipinski definition) is 1. The van der Waals surface area contributed by atoms with Gasteiger partial charge in [0.25, 0.3) is 0 Å². The molecule has 36 heavy (non-hydrogen) atoms. The Morgan fingerprint density at radius 2 is 1.97 bits per heavy atom. The van der Waals surface area contributed by atoms with Crippen molar-refractivity contribution in [2.45, 2.75) is 65.3 Å². The minimum Gasteiger partial charge on any atom is -0.348 e. The number of nitrogens with one attached hydrogen (secondary N) is 1. The summed E-state index contributed by atoms with van der Waals surface area (Å²) in [5.41, 5.74) is 8.64. The number of H-pyrrole nitrogens is 1. The highest BCUT2D eigenvalue weighted by atomic mass is 32.1. The van der Waals surface area contributed by atoms with Crippen LogP contribution in [0.3, 0.4) is 0 Å². The molecule has 6 rings (SSSR count). The molecule has 7 nitrogen and oxygen atoms in total. The number of piperidine rings is 1. The van der Waals surface area contributed by atoms with Gasteiger partial charge in [0.1, 0.15) is 11.2 Å². The molecule has 3 atom stereocenters. The van der Waals surface area contributed by atoms with E-state index in [0.717, 1.165) is 12.2 Å². The van der Waals surface area contributed by atoms with Crippen molar-refractivity contribution in [3.63, 3.8) is 0 Å². The van der Waals surface area contributed by atoms with Crippen molar-refractivity contribution in [3.05, 3.63) is 39.7 Å². The van der Waals surface area contributed by atoms with Crippen LogP contribution in [0.15, 0.2) is 12.5 Å². The van der Waals surface area contributed by atoms with E-state index < -0.39 is 0 Å². The van der Waals surface area contributed by atoms with Gasteiger partial charge in [-0.1, -0.05) is 13.8 Å². The maximum atomic E-state index is 12.3. The predicted octanol–water partition coefficient (Wildman–Crippen LogP) is 5.25. The van der Waals surface area contributed by atoms with E-state index in [1.54, 1.807) is 16.1 Å². The first kappa shape index (κ1) is 23.7. The second-order valence-electron chi connectivity index (χ2n) is 11.4. The van der Waals surface area contributed by atoms with E-state index in [9.17, 15) is 4.79 Å². The molecule has 1 saturated heterocycles. The van der Waals surface area contributed by atoms with E-state index in [-0.39, 0.29) is 5.91 Å². The van der Waals surface area contributed by atoms with E-state index in [4.69, 9.17) is 0 Å². The summed E-state index contributed by atoms with van der Waals surface area (Å²) in [7, 11) is 3.70. The summed E-state index contributed by atoms with van der Waals surface area (Å²) in [5, 5.41) is 5.84. The monoisotopic (exact) mass is 504 g/mol. The van der Waals surface area contributed by atoms with Crippen LogP contribution in [0.25, 0.3) is 27.1 Å². The first-order valence-electron chi connectivity index (χ1n) is 13.0. The van der Waals surface area contributed by atoms with Gasteiger partial charge in [-0.25, -0.2) is 9.50 Å². The largest absolute Gasteiger partial charge is 0.348 e. The van der Waals surface area contributed by atoms with Crippen molar-refractivity contribution >= 4 is 33.1 Å². The second-order valence-corrected chi connectivity index (χ2v) is 12.4. The molecule has 8 heteroatoms. The fraction of sp³-hybridized carbons (Fsp3) is 0.536. The van der Waals surface area contributed by atoms with Gasteiger partial charge in [0.2, 0.25) is 5.91 Å². The lowest BCUT2D eigenvalue weighted by Gasteiger charge is -2.31. The van der Waals surface area contributed by atoms with Crippen LogP contribution in [0.2, 0.25) is 0 Å². The quantitative estimate of drug-likeness (QED) is 0.403. The molecule has 1 amide bonds. The minimum absolute atomic E-state index is 0.212. The topological polar surface area (TPSA) is 69.5 Å². The molecule has 190 valence electrons. The zero-order chi connectivity index (χ0) is 25.5. The first-order valence-corrected chi connectivity index (χ1v) is 13.9. The summed E-state index contributed by atoms with van der Waals surface area (Å²) < 4.78 is 1.90. The Bertz CT molecular complexity index is 1490. The van der Waals surface area contributed by atoms with Crippen LogP contribution < -0.4 is 0 Å². The van der Waals surface area contributed by atoms with Crippen molar-refractivity contribution in [1.82, 2.24) is 29.4 Å². The van der Waals surface area contributed by atoms with Crippen LogP contribution in [0, 0.1) is 26.7 Å². The number of nitrogens with zero attached hydrogens (tertiary/aromatic N) is 5. The molecule has 1 aliphatic carbocycles. The SMILES string of the molecule is Cc1c(-c2[nH]c3sc([C@@H]4C[C@@H]5C[C@H]4CN5CC(=O)N(C)C)c(C)c3c2C(C)C)cn2ncnc2c1C. The van der Waals surface area contributed by atoms with Gasteiger partial charge < -0.3 is 9.88 Å². The molecule has 0 radical (unpaired) electrons. The van der Waals surface area contributed by atoms with E-state index in [0.29, 0.717) is 30.3 Å². The van der Waals surface area contributed by atoms with E-state index in [1.807, 2.05) is 29.9 Å². The molecule has 5 heterocycles. The molecule has 0 spiro atoms. The third kappa shape index (κ3) is 3.44. The predicted molar refractivity (Wildman–Crippen MR) is 146 cm³/mol. The van der Waals surface area contributed by atoms with Gasteiger partial charge in [-0.05, 0) is 73.6 Å². The number of fused-ring (bicyclic) bond motifs is 4. The molecule has 0 unspecified atom stereocenters. The molecule has 1 N–H and O–H groups in total. The number of hydrogen-bond acceptors (Lipinski definition) is 5. The van der Waals surface area contributed by atoms with Gasteiger partial charge >= 0.3 is 0 Å². The normalized spacial score (nSPS) is 22.1. The van der Waals surface area contributed by atoms with Crippen LogP contribution in [-0.2, 0) is 4.79 Å². The summed E-state index contributed by atoms with van der Waals surface area (Å²) >= 11 is 1.96. The summed E-state index contributed by atoms with van der Waals surface area (Å²) in [6.45, 7) is 12.9. The Morgan fingerprint density at radius 3 is 2.64 bits per heavy atom. The average molecular weight is 505 g/mol. The number of rotatable bonds is 5. The summed E-state index contributed by atoms with van der Waals surface area (Å²) in [4.78, 5) is 27.6. The Morgan fingerprint density at radius 1 is 1.19 bits per heavy atom. The number of aryl methyl sites for hydroxylation is 2. The molecular formula is C28H36N6OS. The molecule has 2 aliphatic rings. The van der Waals surface area contributed by atoms with Crippen LogP contribution in [0.4, 0.5) is 0 Å². The molecule has 2 fully saturated rings. The lowest BCUT2D eigenvalue weighted by atomic mass is 9.88. The minimum atomic E-state index is 0.212. The van der Waals surface area contributed by atoms with Crippen LogP contribution in [0.1, 0.15) is 65.7 Å². The van der Waals surface area contributed by atoms with Crippen molar-refractivity contribution in [3.8, 4) is 11.3 Å². The Balaban J connectivity index is 1.37. The lowest BCUT2D eigenvalue weighted by molar-refractivity contribution is -0.130. The van der Waals surface area contributed by atoms with Gasteiger partial charge in [0.15, 0.2) is 5.65 Å². The average Bonchev–Trinajstić information content (AvgIpc) is 3.63. The Hall–Kier alpha value is -2.71. The number of likely N-dealkylation sites (tertiary alicyclic amines) is 1. The molecular weight excluding hydrogens is 468 g/mol. The number of carbonyl (C=O) groups is 1. The highest BCUT2D eigenvalue weighted by Crippen LogP contribution is 2.53. The zero-order valence-electron chi connectivity index (χ0n) is 22.3. The molecule has 2 bridgehead atoms. The lowest BCUT2D eigenvalue weighted by Crippen LogP contribution is -2.42. The number of carbonyl (C=O) groups excluding carboxylic acids is 1. The van der Waals surface area contributed by atoms with Crippen molar-refractivity contribution in [1.29, 1.82) is 0 Å². The van der Waals surface area contributed by atoms with Gasteiger partial charge in [0, 0.05) is 48.7 Å². The van der Waals surface area contributed by atoms with E-state index in [2.05, 4.69) is 60.8 Å². The van der Waals surface area contributed by atoms with Gasteiger partial charge in [-0.2, -0.15) is 5.10 Å². The number of pyridine rings is 1. The maximum absolute atomic E-state index is 12.3. The third-order valence-electron chi connectivity index (χ3n) is 8.76. The number of thiophene rings is 1. The molecule has 4 aromatic rings. The highest BCUT2D eigenvalue weighted by molar-refractivity contribution is 7.19. The summed E-state index contributed by atoms with van der Waals surface area (Å²) in [5.74, 6) is 1.86. The molecule has 4 aromatic heterocycles. The standard InChI is InChI=1S/C28H36N6OS/c1-14(2)23-24-17(5)26(20-9-19-8-18(20)10-33(19)12-22(35)32(6)7)36-28(24)31-25(23)21-11-34-27(29-13-30-34)16(4)15(21)3/h11,13-14,18-20,31H,8-10,12H2,1-7H3/t18-,19-,20+/m0/s1. The third-order valence-corrected chi connectivity index (χ3v) is 10.1. The zero-order valence-corrected chi connectivity index (χ0v) is 23.2. The Labute approximate surface area is 216 Å². The second kappa shape index (κ2) is 8.42. The van der Waals surface area contributed by atoms with Crippen molar-refractivity contribution < 1.29 is 4.79 Å². The fourth-order valence-corrected chi connectivity index (χ4v) is 8.16. The highest BCUT2D eigenvalue weighted by Gasteiger charge is 2.46. The van der Waals surface area contributed by atoms with Crippen molar-refractivity contribution in [2.24, 2.45) is 5.92 Å². The number of aromatic amines is 1. The Kier molecular flexibility index (Phi) is 5.53. The summed E-state index contributed by atoms with van der Waals surface area (Å²) in [6.07, 6.45) is 6.14. The van der Waals surface area contributed by atoms with Gasteiger partial charge in [-0.15, -0.1) is 11.3 Å². The molecule has 1 aliphatic heterocycles. The van der Waals surface area contributed by atoms with Gasteiger partial charge in [-0.3, -0.25) is 9.69 Å². The molecule has 1 saturated carbocycles. The smallest absolute Gasteiger partial charge is 0.236 e. The number of amides is 1. The maximum Gasteiger partial charge on any atom is 0.236 e. The van der Waals surface area contributed by atoms with Gasteiger partial charge in [0.05, 0.1) is 12.2 Å². The van der Waals surface area contributed by atoms with Crippen molar-refractivity contribution in [2.75, 3.05) is 27.2 Å². The first-order chi connectivity index (χ1) is 17.2. The van der Waals surface area contributed by atoms with Crippen LogP contribution in [-0.4, -0.2) is 68.5 Å². The van der Waals surface area contributed by atoms with Crippen LogP contribution >= 0.6 is 11.3 Å². The fourth-order valence-electron chi connectivity index (χ4n) is 6.72.